The van der Waals surface area contributed by atoms with Gasteiger partial charge < -0.3 is 5.11 Å². The van der Waals surface area contributed by atoms with Gasteiger partial charge in [-0.3, -0.25) is 9.69 Å². The highest BCUT2D eigenvalue weighted by Crippen LogP contribution is 2.74. The van der Waals surface area contributed by atoms with E-state index in [-0.39, 0.29) is 17.4 Å². The molecule has 4 bridgehead atoms. The van der Waals surface area contributed by atoms with Gasteiger partial charge in [0.2, 0.25) is 0 Å². The van der Waals surface area contributed by atoms with E-state index < -0.39 is 5.72 Å². The molecule has 21 heavy (non-hydrogen) atoms. The zero-order valence-corrected chi connectivity index (χ0v) is 12.0. The van der Waals surface area contributed by atoms with Crippen LogP contribution in [0.15, 0.2) is 24.3 Å². The molecule has 5 fully saturated rings. The Morgan fingerprint density at radius 3 is 2.57 bits per heavy atom. The standard InChI is InChI=1S/C18H19NO2/c20-16-13-3-1-2-4-14(13)18(21)15-12-6-10-5-11(7-12)9-17(15,8-10)19(16)18/h1-4,10-12,15,21H,5-9H2/t10-,11+,12?,15?,17?,18?. The summed E-state index contributed by atoms with van der Waals surface area (Å²) in [7, 11) is 0. The molecule has 1 N–H and O–H groups in total. The molecule has 1 aromatic carbocycles. The van der Waals surface area contributed by atoms with E-state index in [0.29, 0.717) is 5.92 Å². The molecule has 1 saturated heterocycles. The van der Waals surface area contributed by atoms with Crippen molar-refractivity contribution in [2.45, 2.75) is 43.4 Å². The second-order valence-corrected chi connectivity index (χ2v) is 8.10. The van der Waals surface area contributed by atoms with Crippen LogP contribution in [0.3, 0.4) is 0 Å². The average Bonchev–Trinajstić information content (AvgIpc) is 2.64. The van der Waals surface area contributed by atoms with Crippen LogP contribution in [0.2, 0.25) is 0 Å². The van der Waals surface area contributed by atoms with Crippen LogP contribution < -0.4 is 0 Å². The highest BCUT2D eigenvalue weighted by Gasteiger charge is 2.79. The molecule has 0 aromatic heterocycles. The van der Waals surface area contributed by atoms with E-state index in [0.717, 1.165) is 35.8 Å². The van der Waals surface area contributed by atoms with Gasteiger partial charge in [-0.2, -0.15) is 0 Å². The van der Waals surface area contributed by atoms with Crippen molar-refractivity contribution in [2.75, 3.05) is 0 Å². The first-order valence-corrected chi connectivity index (χ1v) is 8.31. The smallest absolute Gasteiger partial charge is 0.257 e. The number of carbonyl (C=O) groups is 1. The molecule has 0 radical (unpaired) electrons. The number of hydrogen-bond acceptors (Lipinski definition) is 2. The van der Waals surface area contributed by atoms with Gasteiger partial charge in [0, 0.05) is 17.0 Å². The fraction of sp³-hybridized carbons (Fsp3) is 0.611. The molecule has 2 aliphatic heterocycles. The SMILES string of the molecule is O=C1c2ccccc2C2(O)C3C4C[C@@H]5C[C@H](C4)CC3(C5)N12. The topological polar surface area (TPSA) is 40.5 Å². The third kappa shape index (κ3) is 0.953. The molecular weight excluding hydrogens is 262 g/mol. The molecule has 1 aromatic rings. The van der Waals surface area contributed by atoms with Crippen molar-refractivity contribution in [3.05, 3.63) is 35.4 Å². The Kier molecular flexibility index (Phi) is 1.63. The van der Waals surface area contributed by atoms with Crippen LogP contribution in [0.4, 0.5) is 0 Å². The molecule has 108 valence electrons. The van der Waals surface area contributed by atoms with E-state index in [2.05, 4.69) is 0 Å². The van der Waals surface area contributed by atoms with Gasteiger partial charge in [0.05, 0.1) is 5.54 Å². The molecule has 1 spiro atoms. The van der Waals surface area contributed by atoms with Crippen LogP contribution in [-0.2, 0) is 5.72 Å². The molecule has 3 nitrogen and oxygen atoms in total. The fourth-order valence-electron chi connectivity index (χ4n) is 7.19. The van der Waals surface area contributed by atoms with Gasteiger partial charge in [-0.25, -0.2) is 0 Å². The molecule has 6 aliphatic rings. The van der Waals surface area contributed by atoms with Gasteiger partial charge in [0.1, 0.15) is 0 Å². The van der Waals surface area contributed by atoms with Crippen LogP contribution >= 0.6 is 0 Å². The Morgan fingerprint density at radius 1 is 1.10 bits per heavy atom. The largest absolute Gasteiger partial charge is 0.366 e. The molecule has 4 saturated carbocycles. The van der Waals surface area contributed by atoms with E-state index in [4.69, 9.17) is 0 Å². The van der Waals surface area contributed by atoms with Crippen LogP contribution in [0.1, 0.15) is 48.0 Å². The van der Waals surface area contributed by atoms with Crippen molar-refractivity contribution in [3.8, 4) is 0 Å². The van der Waals surface area contributed by atoms with Gasteiger partial charge in [-0.15, -0.1) is 0 Å². The number of fused-ring (bicyclic) bond motifs is 3. The van der Waals surface area contributed by atoms with Crippen molar-refractivity contribution in [3.63, 3.8) is 0 Å². The van der Waals surface area contributed by atoms with E-state index in [9.17, 15) is 9.90 Å². The lowest BCUT2D eigenvalue weighted by atomic mass is 9.41. The summed E-state index contributed by atoms with van der Waals surface area (Å²) in [6, 6.07) is 7.72. The highest BCUT2D eigenvalue weighted by atomic mass is 16.3. The zero-order valence-electron chi connectivity index (χ0n) is 12.0. The minimum Gasteiger partial charge on any atom is -0.366 e. The molecule has 1 amide bonds. The van der Waals surface area contributed by atoms with E-state index in [1.807, 2.05) is 29.2 Å². The summed E-state index contributed by atoms with van der Waals surface area (Å²) >= 11 is 0. The second-order valence-electron chi connectivity index (χ2n) is 8.10. The number of nitrogens with zero attached hydrogens (tertiary/aromatic N) is 1. The van der Waals surface area contributed by atoms with Crippen LogP contribution in [0.25, 0.3) is 0 Å². The van der Waals surface area contributed by atoms with Crippen molar-refractivity contribution >= 4 is 5.91 Å². The lowest BCUT2D eigenvalue weighted by Crippen LogP contribution is -2.83. The van der Waals surface area contributed by atoms with Crippen LogP contribution in [0.5, 0.6) is 0 Å². The third-order valence-electron chi connectivity index (χ3n) is 7.25. The van der Waals surface area contributed by atoms with Crippen LogP contribution in [-0.4, -0.2) is 21.5 Å². The van der Waals surface area contributed by atoms with E-state index in [1.54, 1.807) is 0 Å². The first-order chi connectivity index (χ1) is 10.1. The number of hydrogen-bond donors (Lipinski definition) is 1. The number of aliphatic hydroxyl groups is 1. The predicted octanol–water partition coefficient (Wildman–Crippen LogP) is 2.50. The summed E-state index contributed by atoms with van der Waals surface area (Å²) in [4.78, 5) is 14.8. The molecule has 2 heterocycles. The maximum atomic E-state index is 12.9. The van der Waals surface area contributed by atoms with Gasteiger partial charge in [-0.05, 0) is 55.9 Å². The summed E-state index contributed by atoms with van der Waals surface area (Å²) in [6.45, 7) is 0. The summed E-state index contributed by atoms with van der Waals surface area (Å²) in [5, 5.41) is 11.5. The van der Waals surface area contributed by atoms with E-state index in [1.165, 1.54) is 19.3 Å². The van der Waals surface area contributed by atoms with Gasteiger partial charge in [-0.1, -0.05) is 18.2 Å². The zero-order chi connectivity index (χ0) is 14.0. The maximum absolute atomic E-state index is 12.9. The Labute approximate surface area is 123 Å². The monoisotopic (exact) mass is 281 g/mol. The average molecular weight is 281 g/mol. The number of amides is 1. The number of benzene rings is 1. The Bertz CT molecular complexity index is 684. The minimum absolute atomic E-state index is 0.0143. The first kappa shape index (κ1) is 11.2. The maximum Gasteiger partial charge on any atom is 0.257 e. The van der Waals surface area contributed by atoms with E-state index >= 15 is 0 Å². The van der Waals surface area contributed by atoms with Crippen LogP contribution in [0, 0.1) is 23.7 Å². The summed E-state index contributed by atoms with van der Waals surface area (Å²) in [6.07, 6.45) is 6.17. The van der Waals surface area contributed by atoms with Crippen molar-refractivity contribution < 1.29 is 9.90 Å². The third-order valence-corrected chi connectivity index (χ3v) is 7.25. The molecule has 4 unspecified atom stereocenters. The molecular formula is C18H19NO2. The molecule has 7 rings (SSSR count). The van der Waals surface area contributed by atoms with Crippen molar-refractivity contribution in [1.29, 1.82) is 0 Å². The Morgan fingerprint density at radius 2 is 1.81 bits per heavy atom. The van der Waals surface area contributed by atoms with Gasteiger partial charge >= 0.3 is 0 Å². The van der Waals surface area contributed by atoms with Crippen molar-refractivity contribution in [2.24, 2.45) is 23.7 Å². The molecule has 3 heteroatoms. The fourth-order valence-corrected chi connectivity index (χ4v) is 7.19. The Hall–Kier alpha value is -1.35. The van der Waals surface area contributed by atoms with Crippen molar-refractivity contribution in [1.82, 2.24) is 4.90 Å². The predicted molar refractivity (Wildman–Crippen MR) is 76.3 cm³/mol. The summed E-state index contributed by atoms with van der Waals surface area (Å²) in [5.74, 6) is 2.56. The summed E-state index contributed by atoms with van der Waals surface area (Å²) in [5.41, 5.74) is 0.604. The minimum atomic E-state index is -0.994. The normalized spacial score (nSPS) is 51.5. The first-order valence-electron chi connectivity index (χ1n) is 8.31. The number of rotatable bonds is 0. The lowest BCUT2D eigenvalue weighted by Gasteiger charge is -2.76. The number of carbonyl (C=O) groups excluding carboxylic acids is 1. The molecule has 4 aliphatic carbocycles. The lowest BCUT2D eigenvalue weighted by molar-refractivity contribution is -0.350. The van der Waals surface area contributed by atoms with Gasteiger partial charge in [0.15, 0.2) is 5.72 Å². The Balaban J connectivity index is 1.60. The molecule has 6 atom stereocenters. The summed E-state index contributed by atoms with van der Waals surface area (Å²) < 4.78 is 0. The second kappa shape index (κ2) is 3.05. The highest BCUT2D eigenvalue weighted by molar-refractivity contribution is 6.01. The van der Waals surface area contributed by atoms with Gasteiger partial charge in [0.25, 0.3) is 5.91 Å². The quantitative estimate of drug-likeness (QED) is 0.793.